The molecule has 1 aliphatic heterocycles. The van der Waals surface area contributed by atoms with Gasteiger partial charge in [0, 0.05) is 47.4 Å². The van der Waals surface area contributed by atoms with Crippen molar-refractivity contribution in [3.8, 4) is 22.5 Å². The molecule has 2 amide bonds. The Morgan fingerprint density at radius 1 is 1.12 bits per heavy atom. The first kappa shape index (κ1) is 24.3. The van der Waals surface area contributed by atoms with E-state index in [0.29, 0.717) is 17.8 Å². The van der Waals surface area contributed by atoms with Crippen LogP contribution in [0.2, 0.25) is 0 Å². The second kappa shape index (κ2) is 10.1. The summed E-state index contributed by atoms with van der Waals surface area (Å²) in [6.07, 6.45) is -3.05. The summed E-state index contributed by atoms with van der Waals surface area (Å²) in [5.74, 6) is -2.80. The maximum Gasteiger partial charge on any atom is 0.490 e. The highest BCUT2D eigenvalue weighted by atomic mass is 19.4. The number of hydrogen-bond donors (Lipinski definition) is 4. The number of aliphatic carboxylic acids is 1. The van der Waals surface area contributed by atoms with Gasteiger partial charge in [-0.05, 0) is 30.3 Å². The van der Waals surface area contributed by atoms with Crippen molar-refractivity contribution in [2.45, 2.75) is 12.6 Å². The first-order valence-corrected chi connectivity index (χ1v) is 9.80. The van der Waals surface area contributed by atoms with E-state index in [4.69, 9.17) is 9.90 Å². The van der Waals surface area contributed by atoms with Crippen LogP contribution >= 0.6 is 0 Å². The quantitative estimate of drug-likeness (QED) is 0.454. The Balaban J connectivity index is 0.000000406. The molecule has 0 radical (unpaired) electrons. The largest absolute Gasteiger partial charge is 0.490 e. The minimum atomic E-state index is -5.08. The van der Waals surface area contributed by atoms with Gasteiger partial charge in [-0.25, -0.2) is 9.59 Å². The fourth-order valence-electron chi connectivity index (χ4n) is 3.10. The first-order valence-electron chi connectivity index (χ1n) is 9.80. The number of carboxylic acids is 1. The highest BCUT2D eigenvalue weighted by Crippen LogP contribution is 2.27. The van der Waals surface area contributed by atoms with E-state index in [9.17, 15) is 22.8 Å². The predicted octanol–water partition coefficient (Wildman–Crippen LogP) is 3.84. The van der Waals surface area contributed by atoms with Gasteiger partial charge in [-0.2, -0.15) is 13.2 Å². The molecule has 0 atom stereocenters. The van der Waals surface area contributed by atoms with Gasteiger partial charge < -0.3 is 20.1 Å². The number of ether oxygens (including phenoxy) is 1. The summed E-state index contributed by atoms with van der Waals surface area (Å²) in [5, 5.41) is 12.6. The van der Waals surface area contributed by atoms with Crippen LogP contribution in [-0.2, 0) is 16.0 Å². The average Bonchev–Trinajstić information content (AvgIpc) is 3.25. The number of fused-ring (bicyclic) bond motifs is 1. The van der Waals surface area contributed by atoms with E-state index in [2.05, 4.69) is 25.3 Å². The maximum atomic E-state index is 12.0. The molecule has 0 spiro atoms. The van der Waals surface area contributed by atoms with Crippen LogP contribution in [0.15, 0.2) is 48.7 Å². The van der Waals surface area contributed by atoms with Crippen LogP contribution in [0.5, 0.6) is 0 Å². The number of aromatic amines is 1. The van der Waals surface area contributed by atoms with E-state index >= 15 is 0 Å². The second-order valence-corrected chi connectivity index (χ2v) is 7.01. The first-order chi connectivity index (χ1) is 16.1. The van der Waals surface area contributed by atoms with Crippen molar-refractivity contribution in [3.63, 3.8) is 0 Å². The number of benzene rings is 1. The zero-order valence-corrected chi connectivity index (χ0v) is 17.7. The molecular weight excluding hydrogens is 457 g/mol. The molecule has 9 nitrogen and oxygen atoms in total. The molecule has 12 heteroatoms. The number of H-pyrrole nitrogens is 1. The van der Waals surface area contributed by atoms with Crippen molar-refractivity contribution in [2.24, 2.45) is 0 Å². The van der Waals surface area contributed by atoms with Gasteiger partial charge in [-0.1, -0.05) is 12.1 Å². The lowest BCUT2D eigenvalue weighted by molar-refractivity contribution is -0.192. The number of aromatic nitrogens is 2. The number of alkyl halides is 3. The molecule has 4 N–H and O–H groups in total. The van der Waals surface area contributed by atoms with Gasteiger partial charge >= 0.3 is 18.2 Å². The summed E-state index contributed by atoms with van der Waals surface area (Å²) < 4.78 is 36.3. The van der Waals surface area contributed by atoms with Gasteiger partial charge in [0.05, 0.1) is 18.4 Å². The molecule has 178 valence electrons. The summed E-state index contributed by atoms with van der Waals surface area (Å²) in [5.41, 5.74) is 5.88. The van der Waals surface area contributed by atoms with Gasteiger partial charge in [0.25, 0.3) is 5.91 Å². The van der Waals surface area contributed by atoms with Crippen LogP contribution in [0.1, 0.15) is 16.1 Å². The van der Waals surface area contributed by atoms with Crippen LogP contribution in [0.3, 0.4) is 0 Å². The molecule has 0 aliphatic carbocycles. The summed E-state index contributed by atoms with van der Waals surface area (Å²) >= 11 is 0. The van der Waals surface area contributed by atoms with Crippen molar-refractivity contribution in [1.29, 1.82) is 0 Å². The smallest absolute Gasteiger partial charge is 0.475 e. The molecule has 1 aromatic carbocycles. The third-order valence-corrected chi connectivity index (χ3v) is 4.73. The number of amides is 2. The molecule has 0 fully saturated rings. The van der Waals surface area contributed by atoms with E-state index in [1.807, 2.05) is 30.3 Å². The number of anilines is 1. The van der Waals surface area contributed by atoms with Crippen molar-refractivity contribution < 1.29 is 37.4 Å². The lowest BCUT2D eigenvalue weighted by atomic mass is 10.1. The summed E-state index contributed by atoms with van der Waals surface area (Å²) in [6.45, 7) is 0.652. The molecule has 2 aromatic heterocycles. The van der Waals surface area contributed by atoms with Gasteiger partial charge in [0.2, 0.25) is 0 Å². The fourth-order valence-corrected chi connectivity index (χ4v) is 3.10. The van der Waals surface area contributed by atoms with E-state index in [-0.39, 0.29) is 5.91 Å². The number of carboxylic acid groups (broad SMARTS) is 1. The Kier molecular flexibility index (Phi) is 7.19. The normalized spacial score (nSPS) is 12.5. The molecule has 34 heavy (non-hydrogen) atoms. The zero-order valence-electron chi connectivity index (χ0n) is 17.7. The van der Waals surface area contributed by atoms with Crippen molar-refractivity contribution >= 4 is 23.7 Å². The molecule has 3 aromatic rings. The third-order valence-electron chi connectivity index (χ3n) is 4.73. The minimum absolute atomic E-state index is 0.0401. The second-order valence-electron chi connectivity index (χ2n) is 7.01. The minimum Gasteiger partial charge on any atom is -0.475 e. The zero-order chi connectivity index (χ0) is 24.9. The van der Waals surface area contributed by atoms with E-state index < -0.39 is 18.2 Å². The number of carbonyl (C=O) groups is 3. The highest BCUT2D eigenvalue weighted by Gasteiger charge is 2.38. The lowest BCUT2D eigenvalue weighted by Crippen LogP contribution is -2.31. The van der Waals surface area contributed by atoms with Gasteiger partial charge in [-0.15, -0.1) is 0 Å². The lowest BCUT2D eigenvalue weighted by Gasteiger charge is -2.11. The molecule has 0 bridgehead atoms. The molecule has 3 heterocycles. The van der Waals surface area contributed by atoms with E-state index in [0.717, 1.165) is 34.6 Å². The molecule has 0 saturated carbocycles. The van der Waals surface area contributed by atoms with Crippen molar-refractivity contribution in [3.05, 3.63) is 59.9 Å². The molecular formula is C22H19F3N4O5. The Labute approximate surface area is 191 Å². The number of hydrogen-bond acceptors (Lipinski definition) is 5. The summed E-state index contributed by atoms with van der Waals surface area (Å²) in [4.78, 5) is 39.9. The topological polar surface area (TPSA) is 133 Å². The monoisotopic (exact) mass is 476 g/mol. The number of methoxy groups -OCH3 is 1. The number of nitrogens with one attached hydrogen (secondary N) is 3. The summed E-state index contributed by atoms with van der Waals surface area (Å²) in [7, 11) is 1.32. The van der Waals surface area contributed by atoms with E-state index in [1.165, 1.54) is 7.11 Å². The van der Waals surface area contributed by atoms with Crippen LogP contribution < -0.4 is 10.6 Å². The molecule has 1 aliphatic rings. The number of rotatable bonds is 3. The molecule has 4 rings (SSSR count). The van der Waals surface area contributed by atoms with E-state index in [1.54, 1.807) is 18.3 Å². The number of carbonyl (C=O) groups excluding carboxylic acids is 2. The third kappa shape index (κ3) is 5.91. The maximum absolute atomic E-state index is 12.0. The molecule has 0 unspecified atom stereocenters. The van der Waals surface area contributed by atoms with Gasteiger partial charge in [0.15, 0.2) is 0 Å². The van der Waals surface area contributed by atoms with Crippen LogP contribution in [-0.4, -0.2) is 52.9 Å². The molecule has 0 saturated heterocycles. The summed E-state index contributed by atoms with van der Waals surface area (Å²) in [6, 6.07) is 13.1. The Hall–Kier alpha value is -4.35. The number of halogens is 3. The Bertz CT molecular complexity index is 1210. The van der Waals surface area contributed by atoms with Gasteiger partial charge in [0.1, 0.15) is 0 Å². The number of pyridine rings is 1. The van der Waals surface area contributed by atoms with Crippen molar-refractivity contribution in [2.75, 3.05) is 19.0 Å². The Morgan fingerprint density at radius 3 is 2.38 bits per heavy atom. The average molecular weight is 476 g/mol. The fraction of sp³-hybridized carbons (Fsp3) is 0.182. The highest BCUT2D eigenvalue weighted by molar-refractivity contribution is 5.97. The predicted molar refractivity (Wildman–Crippen MR) is 115 cm³/mol. The van der Waals surface area contributed by atoms with Crippen LogP contribution in [0.4, 0.5) is 23.7 Å². The SMILES string of the molecule is COC(=O)Nc1ccc(-c2cc(-c3cc4c([nH]3)CCNC4=O)ccn2)cc1.O=C(O)C(F)(F)F. The van der Waals surface area contributed by atoms with Gasteiger partial charge in [-0.3, -0.25) is 15.1 Å². The standard InChI is InChI=1S/C20H18N4O3.C2HF3O2/c1-27-20(26)23-14-4-2-12(3-5-14)17-10-13(6-8-21-17)18-11-15-16(24-18)7-9-22-19(15)25;3-2(4,5)1(6)7/h2-6,8,10-11,24H,7,9H2,1H3,(H,22,25)(H,23,26);(H,6,7). The Morgan fingerprint density at radius 2 is 1.79 bits per heavy atom. The number of nitrogens with zero attached hydrogens (tertiary/aromatic N) is 1. The van der Waals surface area contributed by atoms with Crippen molar-refractivity contribution in [1.82, 2.24) is 15.3 Å². The van der Waals surface area contributed by atoms with Crippen LogP contribution in [0, 0.1) is 0 Å². The van der Waals surface area contributed by atoms with Crippen LogP contribution in [0.25, 0.3) is 22.5 Å².